The maximum atomic E-state index is 11.1. The van der Waals surface area contributed by atoms with Gasteiger partial charge in [-0.05, 0) is 30.2 Å². The number of anilines is 1. The zero-order valence-electron chi connectivity index (χ0n) is 11.2. The molecule has 0 fully saturated rings. The highest BCUT2D eigenvalue weighted by molar-refractivity contribution is 5.94. The molecule has 0 aliphatic heterocycles. The van der Waals surface area contributed by atoms with E-state index in [4.69, 9.17) is 5.73 Å². The predicted molar refractivity (Wildman–Crippen MR) is 78.0 cm³/mol. The maximum absolute atomic E-state index is 11.1. The zero-order valence-corrected chi connectivity index (χ0v) is 11.2. The number of primary amides is 1. The van der Waals surface area contributed by atoms with Gasteiger partial charge in [0.05, 0.1) is 4.92 Å². The minimum Gasteiger partial charge on any atom is -0.379 e. The molecule has 0 unspecified atom stereocenters. The molecule has 1 heterocycles. The second-order valence-electron chi connectivity index (χ2n) is 4.39. The van der Waals surface area contributed by atoms with Crippen molar-refractivity contribution in [3.63, 3.8) is 0 Å². The number of carbonyl (C=O) groups excluding carboxylic acids is 1. The number of nitrogens with one attached hydrogen (secondary N) is 1. The molecule has 1 amide bonds. The highest BCUT2D eigenvalue weighted by Crippen LogP contribution is 2.25. The molecule has 0 aliphatic rings. The van der Waals surface area contributed by atoms with E-state index < -0.39 is 10.8 Å². The normalized spacial score (nSPS) is 10.1. The number of nitrogens with zero attached hydrogens (tertiary/aromatic N) is 2. The molecule has 0 spiro atoms. The summed E-state index contributed by atoms with van der Waals surface area (Å²) in [5, 5.41) is 14.0. The molecular weight excluding hydrogens is 272 g/mol. The van der Waals surface area contributed by atoms with Crippen molar-refractivity contribution in [2.45, 2.75) is 6.42 Å². The van der Waals surface area contributed by atoms with Gasteiger partial charge in [0.2, 0.25) is 5.91 Å². The number of hydrogen-bond acceptors (Lipinski definition) is 5. The quantitative estimate of drug-likeness (QED) is 0.620. The van der Waals surface area contributed by atoms with Gasteiger partial charge >= 0.3 is 0 Å². The first-order valence-corrected chi connectivity index (χ1v) is 6.29. The smallest absolute Gasteiger partial charge is 0.293 e. The van der Waals surface area contributed by atoms with Crippen LogP contribution in [-0.2, 0) is 6.42 Å². The summed E-state index contributed by atoms with van der Waals surface area (Å²) in [5.74, 6) is -0.694. The van der Waals surface area contributed by atoms with Crippen LogP contribution in [-0.4, -0.2) is 22.4 Å². The van der Waals surface area contributed by atoms with Gasteiger partial charge in [0.25, 0.3) is 5.69 Å². The molecule has 0 bridgehead atoms. The SMILES string of the molecule is NC(=O)c1ccc(NCCc2cccnc2)c([N+](=O)[O-])c1. The monoisotopic (exact) mass is 286 g/mol. The van der Waals surface area contributed by atoms with E-state index in [0.29, 0.717) is 18.7 Å². The fourth-order valence-corrected chi connectivity index (χ4v) is 1.87. The van der Waals surface area contributed by atoms with Crippen LogP contribution in [0, 0.1) is 10.1 Å². The molecule has 0 aliphatic carbocycles. The van der Waals surface area contributed by atoms with Gasteiger partial charge in [-0.25, -0.2) is 0 Å². The van der Waals surface area contributed by atoms with Crippen molar-refractivity contribution < 1.29 is 9.72 Å². The highest BCUT2D eigenvalue weighted by Gasteiger charge is 2.16. The Labute approximate surface area is 121 Å². The lowest BCUT2D eigenvalue weighted by Gasteiger charge is -2.08. The lowest BCUT2D eigenvalue weighted by molar-refractivity contribution is -0.384. The fourth-order valence-electron chi connectivity index (χ4n) is 1.87. The molecule has 7 nitrogen and oxygen atoms in total. The Morgan fingerprint density at radius 3 is 2.81 bits per heavy atom. The van der Waals surface area contributed by atoms with Crippen LogP contribution < -0.4 is 11.1 Å². The Morgan fingerprint density at radius 2 is 2.19 bits per heavy atom. The predicted octanol–water partition coefficient (Wildman–Crippen LogP) is 1.74. The summed E-state index contributed by atoms with van der Waals surface area (Å²) >= 11 is 0. The molecule has 21 heavy (non-hydrogen) atoms. The maximum Gasteiger partial charge on any atom is 0.293 e. The molecule has 2 rings (SSSR count). The first kappa shape index (κ1) is 14.4. The number of carbonyl (C=O) groups is 1. The van der Waals surface area contributed by atoms with Crippen molar-refractivity contribution in [2.75, 3.05) is 11.9 Å². The van der Waals surface area contributed by atoms with Crippen LogP contribution in [0.5, 0.6) is 0 Å². The summed E-state index contributed by atoms with van der Waals surface area (Å²) in [5.41, 5.74) is 6.45. The third kappa shape index (κ3) is 3.75. The van der Waals surface area contributed by atoms with E-state index >= 15 is 0 Å². The molecular formula is C14H14N4O3. The Morgan fingerprint density at radius 1 is 1.38 bits per heavy atom. The van der Waals surface area contributed by atoms with E-state index in [1.807, 2.05) is 12.1 Å². The van der Waals surface area contributed by atoms with E-state index in [9.17, 15) is 14.9 Å². The van der Waals surface area contributed by atoms with Crippen LogP contribution in [0.3, 0.4) is 0 Å². The van der Waals surface area contributed by atoms with Crippen LogP contribution in [0.15, 0.2) is 42.7 Å². The van der Waals surface area contributed by atoms with Crippen molar-refractivity contribution in [1.29, 1.82) is 0 Å². The molecule has 0 saturated heterocycles. The van der Waals surface area contributed by atoms with Crippen molar-refractivity contribution in [3.05, 3.63) is 64.0 Å². The van der Waals surface area contributed by atoms with Gasteiger partial charge in [0, 0.05) is 30.6 Å². The topological polar surface area (TPSA) is 111 Å². The molecule has 2 aromatic rings. The van der Waals surface area contributed by atoms with Crippen molar-refractivity contribution in [1.82, 2.24) is 4.98 Å². The Bertz CT molecular complexity index is 659. The number of hydrogen-bond donors (Lipinski definition) is 2. The summed E-state index contributed by atoms with van der Waals surface area (Å²) < 4.78 is 0. The largest absolute Gasteiger partial charge is 0.379 e. The Balaban J connectivity index is 2.09. The second-order valence-corrected chi connectivity index (χ2v) is 4.39. The van der Waals surface area contributed by atoms with Crippen molar-refractivity contribution >= 4 is 17.3 Å². The van der Waals surface area contributed by atoms with Crippen molar-refractivity contribution in [2.24, 2.45) is 5.73 Å². The number of nitro groups is 1. The number of amides is 1. The molecule has 108 valence electrons. The third-order valence-electron chi connectivity index (χ3n) is 2.93. The summed E-state index contributed by atoms with van der Waals surface area (Å²) in [7, 11) is 0. The minimum absolute atomic E-state index is 0.111. The Hall–Kier alpha value is -2.96. The standard InChI is InChI=1S/C14H14N4O3/c15-14(19)11-3-4-12(13(8-11)18(20)21)17-7-5-10-2-1-6-16-9-10/h1-4,6,8-9,17H,5,7H2,(H2,15,19). The number of rotatable bonds is 6. The summed E-state index contributed by atoms with van der Waals surface area (Å²) in [6, 6.07) is 7.89. The number of nitrogens with two attached hydrogens (primary N) is 1. The van der Waals surface area contributed by atoms with Crippen LogP contribution >= 0.6 is 0 Å². The summed E-state index contributed by atoms with van der Waals surface area (Å²) in [4.78, 5) is 25.5. The molecule has 1 aromatic heterocycles. The van der Waals surface area contributed by atoms with E-state index in [1.165, 1.54) is 18.2 Å². The number of aromatic nitrogens is 1. The van der Waals surface area contributed by atoms with Crippen LogP contribution in [0.2, 0.25) is 0 Å². The zero-order chi connectivity index (χ0) is 15.2. The first-order valence-electron chi connectivity index (χ1n) is 6.29. The molecule has 7 heteroatoms. The van der Waals surface area contributed by atoms with Gasteiger partial charge in [-0.3, -0.25) is 19.9 Å². The molecule has 0 saturated carbocycles. The van der Waals surface area contributed by atoms with Gasteiger partial charge in [0.15, 0.2) is 0 Å². The molecule has 0 radical (unpaired) electrons. The van der Waals surface area contributed by atoms with Crippen LogP contribution in [0.1, 0.15) is 15.9 Å². The highest BCUT2D eigenvalue weighted by atomic mass is 16.6. The summed E-state index contributed by atoms with van der Waals surface area (Å²) in [6.45, 7) is 0.516. The Kier molecular flexibility index (Phi) is 4.45. The number of nitro benzene ring substituents is 1. The van der Waals surface area contributed by atoms with Gasteiger partial charge in [-0.2, -0.15) is 0 Å². The van der Waals surface area contributed by atoms with E-state index in [-0.39, 0.29) is 11.3 Å². The number of benzene rings is 1. The second kappa shape index (κ2) is 6.47. The average Bonchev–Trinajstić information content (AvgIpc) is 2.48. The fraction of sp³-hybridized carbons (Fsp3) is 0.143. The van der Waals surface area contributed by atoms with E-state index in [2.05, 4.69) is 10.3 Å². The van der Waals surface area contributed by atoms with E-state index in [1.54, 1.807) is 12.4 Å². The van der Waals surface area contributed by atoms with E-state index in [0.717, 1.165) is 5.56 Å². The lowest BCUT2D eigenvalue weighted by atomic mass is 10.1. The van der Waals surface area contributed by atoms with Crippen LogP contribution in [0.4, 0.5) is 11.4 Å². The lowest BCUT2D eigenvalue weighted by Crippen LogP contribution is -2.12. The average molecular weight is 286 g/mol. The number of pyridine rings is 1. The summed E-state index contributed by atoms with van der Waals surface area (Å²) in [6.07, 6.45) is 4.11. The van der Waals surface area contributed by atoms with Crippen molar-refractivity contribution in [3.8, 4) is 0 Å². The van der Waals surface area contributed by atoms with Gasteiger partial charge in [-0.15, -0.1) is 0 Å². The van der Waals surface area contributed by atoms with Crippen LogP contribution in [0.25, 0.3) is 0 Å². The molecule has 3 N–H and O–H groups in total. The van der Waals surface area contributed by atoms with Gasteiger partial charge in [-0.1, -0.05) is 6.07 Å². The first-order chi connectivity index (χ1) is 10.1. The van der Waals surface area contributed by atoms with Gasteiger partial charge in [0.1, 0.15) is 5.69 Å². The molecule has 1 aromatic carbocycles. The van der Waals surface area contributed by atoms with Gasteiger partial charge < -0.3 is 11.1 Å². The molecule has 0 atom stereocenters. The third-order valence-corrected chi connectivity index (χ3v) is 2.93. The minimum atomic E-state index is -0.694.